The summed E-state index contributed by atoms with van der Waals surface area (Å²) < 4.78 is 26.8. The van der Waals surface area contributed by atoms with Crippen LogP contribution in [0.1, 0.15) is 5.56 Å². The Balaban J connectivity index is 2.45. The molecule has 0 aliphatic heterocycles. The smallest absolute Gasteiger partial charge is 0.304 e. The number of hydrogen-bond acceptors (Lipinski definition) is 3. The first-order valence-electron chi connectivity index (χ1n) is 5.37. The average molecular weight is 301 g/mol. The van der Waals surface area contributed by atoms with Crippen LogP contribution in [0, 0.1) is 21.7 Å². The quantitative estimate of drug-likeness (QED) is 0.646. The predicted octanol–water partition coefficient (Wildman–Crippen LogP) is 2.74. The fourth-order valence-corrected chi connectivity index (χ4v) is 1.89. The fraction of sp³-hybridized carbons (Fsp3) is 0.0833. The normalized spacial score (nSPS) is 10.6. The molecule has 0 aliphatic carbocycles. The van der Waals surface area contributed by atoms with E-state index < -0.39 is 27.8 Å². The van der Waals surface area contributed by atoms with Crippen molar-refractivity contribution in [2.45, 2.75) is 6.54 Å². The third-order valence-electron chi connectivity index (χ3n) is 2.57. The summed E-state index contributed by atoms with van der Waals surface area (Å²) in [6.07, 6.45) is 1.19. The zero-order chi connectivity index (χ0) is 14.9. The molecule has 5 nitrogen and oxygen atoms in total. The molecule has 0 aliphatic rings. The number of benzene rings is 1. The number of aromatic nitrogens is 1. The van der Waals surface area contributed by atoms with E-state index in [4.69, 9.17) is 11.6 Å². The van der Waals surface area contributed by atoms with Crippen molar-refractivity contribution >= 4 is 17.3 Å². The van der Waals surface area contributed by atoms with Crippen LogP contribution >= 0.6 is 11.6 Å². The molecule has 1 aromatic carbocycles. The van der Waals surface area contributed by atoms with Gasteiger partial charge < -0.3 is 4.57 Å². The Labute approximate surface area is 116 Å². The Kier molecular flexibility index (Phi) is 3.80. The maximum atomic E-state index is 13.1. The lowest BCUT2D eigenvalue weighted by molar-refractivity contribution is -0.386. The zero-order valence-electron chi connectivity index (χ0n) is 9.85. The molecule has 20 heavy (non-hydrogen) atoms. The molecule has 1 heterocycles. The van der Waals surface area contributed by atoms with Crippen LogP contribution in [0.25, 0.3) is 0 Å². The second-order valence-electron chi connectivity index (χ2n) is 3.98. The first-order chi connectivity index (χ1) is 9.38. The van der Waals surface area contributed by atoms with Crippen molar-refractivity contribution in [1.29, 1.82) is 0 Å². The van der Waals surface area contributed by atoms with E-state index in [0.717, 1.165) is 22.8 Å². The third kappa shape index (κ3) is 2.83. The summed E-state index contributed by atoms with van der Waals surface area (Å²) in [4.78, 5) is 21.7. The lowest BCUT2D eigenvalue weighted by Gasteiger charge is -2.06. The molecule has 0 atom stereocenters. The summed E-state index contributed by atoms with van der Waals surface area (Å²) in [6, 6.07) is 4.03. The fourth-order valence-electron chi connectivity index (χ4n) is 1.67. The number of pyridine rings is 1. The molecule has 0 unspecified atom stereocenters. The molecule has 0 bridgehead atoms. The summed E-state index contributed by atoms with van der Waals surface area (Å²) in [5.41, 5.74) is -1.27. The van der Waals surface area contributed by atoms with E-state index in [1.54, 1.807) is 0 Å². The average Bonchev–Trinajstić information content (AvgIpc) is 2.37. The van der Waals surface area contributed by atoms with Crippen molar-refractivity contribution in [1.82, 2.24) is 4.57 Å². The lowest BCUT2D eigenvalue weighted by atomic mass is 10.2. The van der Waals surface area contributed by atoms with Gasteiger partial charge in [0.15, 0.2) is 11.6 Å². The molecule has 0 saturated heterocycles. The van der Waals surface area contributed by atoms with Gasteiger partial charge in [0.1, 0.15) is 0 Å². The summed E-state index contributed by atoms with van der Waals surface area (Å²) in [5, 5.41) is 10.7. The highest BCUT2D eigenvalue weighted by atomic mass is 35.5. The van der Waals surface area contributed by atoms with Crippen molar-refractivity contribution in [3.8, 4) is 0 Å². The SMILES string of the molecule is O=c1c([N+](=O)[O-])cc(Cl)cn1Cc1ccc(F)c(F)c1. The highest BCUT2D eigenvalue weighted by molar-refractivity contribution is 6.30. The summed E-state index contributed by atoms with van der Waals surface area (Å²) in [7, 11) is 0. The van der Waals surface area contributed by atoms with Gasteiger partial charge in [0.25, 0.3) is 0 Å². The molecular formula is C12H7ClF2N2O3. The number of nitro groups is 1. The Morgan fingerprint density at radius 3 is 2.55 bits per heavy atom. The van der Waals surface area contributed by atoms with Crippen LogP contribution in [-0.4, -0.2) is 9.49 Å². The van der Waals surface area contributed by atoms with Crippen LogP contribution in [0.4, 0.5) is 14.5 Å². The minimum atomic E-state index is -1.06. The second kappa shape index (κ2) is 5.38. The monoisotopic (exact) mass is 300 g/mol. The van der Waals surface area contributed by atoms with Crippen molar-refractivity contribution in [2.75, 3.05) is 0 Å². The molecule has 2 rings (SSSR count). The molecule has 2 aromatic rings. The van der Waals surface area contributed by atoms with Gasteiger partial charge in [-0.3, -0.25) is 14.9 Å². The molecule has 0 amide bonds. The van der Waals surface area contributed by atoms with Crippen LogP contribution in [0.3, 0.4) is 0 Å². The van der Waals surface area contributed by atoms with Crippen molar-refractivity contribution < 1.29 is 13.7 Å². The number of halogens is 3. The summed E-state index contributed by atoms with van der Waals surface area (Å²) in [5.74, 6) is -2.08. The van der Waals surface area contributed by atoms with Gasteiger partial charge in [0.2, 0.25) is 0 Å². The molecule has 104 valence electrons. The molecule has 0 spiro atoms. The van der Waals surface area contributed by atoms with E-state index >= 15 is 0 Å². The van der Waals surface area contributed by atoms with Crippen LogP contribution < -0.4 is 5.56 Å². The first kappa shape index (κ1) is 14.1. The standard InChI is InChI=1S/C12H7ClF2N2O3/c13-8-4-11(17(19)20)12(18)16(6-8)5-7-1-2-9(14)10(15)3-7/h1-4,6H,5H2. The lowest BCUT2D eigenvalue weighted by Crippen LogP contribution is -2.22. The molecule has 0 fully saturated rings. The van der Waals surface area contributed by atoms with Gasteiger partial charge in [-0.1, -0.05) is 17.7 Å². The Hall–Kier alpha value is -2.28. The van der Waals surface area contributed by atoms with Crippen molar-refractivity contribution in [2.24, 2.45) is 0 Å². The molecule has 8 heteroatoms. The molecule has 0 N–H and O–H groups in total. The van der Waals surface area contributed by atoms with Crippen molar-refractivity contribution in [3.63, 3.8) is 0 Å². The van der Waals surface area contributed by atoms with Crippen LogP contribution in [0.5, 0.6) is 0 Å². The minimum Gasteiger partial charge on any atom is -0.304 e. The van der Waals surface area contributed by atoms with E-state index in [1.807, 2.05) is 0 Å². The van der Waals surface area contributed by atoms with Gasteiger partial charge in [0.05, 0.1) is 16.5 Å². The van der Waals surface area contributed by atoms with Gasteiger partial charge in [-0.25, -0.2) is 8.78 Å². The van der Waals surface area contributed by atoms with E-state index in [1.165, 1.54) is 12.3 Å². The second-order valence-corrected chi connectivity index (χ2v) is 4.42. The Morgan fingerprint density at radius 2 is 1.95 bits per heavy atom. The maximum absolute atomic E-state index is 13.1. The van der Waals surface area contributed by atoms with Gasteiger partial charge >= 0.3 is 11.2 Å². The largest absolute Gasteiger partial charge is 0.335 e. The van der Waals surface area contributed by atoms with Gasteiger partial charge in [0, 0.05) is 12.3 Å². The van der Waals surface area contributed by atoms with E-state index in [2.05, 4.69) is 0 Å². The zero-order valence-corrected chi connectivity index (χ0v) is 10.6. The van der Waals surface area contributed by atoms with Gasteiger partial charge in [-0.15, -0.1) is 0 Å². The van der Waals surface area contributed by atoms with E-state index in [-0.39, 0.29) is 17.1 Å². The summed E-state index contributed by atoms with van der Waals surface area (Å²) in [6.45, 7) is -0.155. The maximum Gasteiger partial charge on any atom is 0.335 e. The Bertz CT molecular complexity index is 746. The number of hydrogen-bond donors (Lipinski definition) is 0. The summed E-state index contributed by atoms with van der Waals surface area (Å²) >= 11 is 5.69. The first-order valence-corrected chi connectivity index (χ1v) is 5.74. The number of rotatable bonds is 3. The van der Waals surface area contributed by atoms with E-state index in [9.17, 15) is 23.7 Å². The van der Waals surface area contributed by atoms with Crippen molar-refractivity contribution in [3.05, 3.63) is 73.2 Å². The third-order valence-corrected chi connectivity index (χ3v) is 2.77. The Morgan fingerprint density at radius 1 is 1.25 bits per heavy atom. The van der Waals surface area contributed by atoms with Crippen LogP contribution in [-0.2, 0) is 6.54 Å². The molecule has 0 radical (unpaired) electrons. The topological polar surface area (TPSA) is 65.1 Å². The van der Waals surface area contributed by atoms with Crippen LogP contribution in [0.15, 0.2) is 35.3 Å². The van der Waals surface area contributed by atoms with Gasteiger partial charge in [-0.2, -0.15) is 0 Å². The highest BCUT2D eigenvalue weighted by Gasteiger charge is 2.16. The van der Waals surface area contributed by atoms with Gasteiger partial charge in [-0.05, 0) is 17.7 Å². The minimum absolute atomic E-state index is 0.00103. The highest BCUT2D eigenvalue weighted by Crippen LogP contribution is 2.15. The van der Waals surface area contributed by atoms with Crippen LogP contribution in [0.2, 0.25) is 5.02 Å². The number of nitrogens with zero attached hydrogens (tertiary/aromatic N) is 2. The van der Waals surface area contributed by atoms with E-state index in [0.29, 0.717) is 0 Å². The molecular weight excluding hydrogens is 294 g/mol. The molecule has 0 saturated carbocycles. The molecule has 1 aromatic heterocycles. The predicted molar refractivity (Wildman–Crippen MR) is 67.8 cm³/mol.